The van der Waals surface area contributed by atoms with Crippen molar-refractivity contribution in [1.29, 1.82) is 0 Å². The molecule has 1 aliphatic carbocycles. The van der Waals surface area contributed by atoms with Crippen LogP contribution in [0.4, 0.5) is 5.82 Å². The molecular formula is C25H34N4O6. The number of carbonyl (C=O) groups excluding carboxylic acids is 3. The maximum atomic E-state index is 13.5. The Morgan fingerprint density at radius 2 is 1.94 bits per heavy atom. The summed E-state index contributed by atoms with van der Waals surface area (Å²) in [7, 11) is 3.09. The minimum absolute atomic E-state index is 0.0662. The Morgan fingerprint density at radius 1 is 1.17 bits per heavy atom. The number of rotatable bonds is 12. The molecule has 0 radical (unpaired) electrons. The van der Waals surface area contributed by atoms with Gasteiger partial charge in [0.15, 0.2) is 5.82 Å². The second kappa shape index (κ2) is 12.9. The fourth-order valence-corrected chi connectivity index (χ4v) is 4.22. The van der Waals surface area contributed by atoms with Gasteiger partial charge in [0.25, 0.3) is 0 Å². The molecule has 190 valence electrons. The van der Waals surface area contributed by atoms with E-state index in [0.717, 1.165) is 25.7 Å². The molecule has 1 saturated carbocycles. The zero-order valence-corrected chi connectivity index (χ0v) is 20.5. The maximum Gasteiger partial charge on any atom is 0.247 e. The standard InChI is InChI=1S/C25H34N4O6/c1-17-15-21(28-35-17)27-22(30)11-12-23(31)29(13-14-33-2)24(18-7-6-10-20(16-18)34-3)25(32)26-19-8-4-5-9-19/h6-7,10,15-16,19,24H,4-5,8-9,11-14H2,1-3H3,(H,26,32)(H,27,28,30). The molecule has 3 amide bonds. The Kier molecular flexibility index (Phi) is 9.66. The molecular weight excluding hydrogens is 452 g/mol. The second-order valence-corrected chi connectivity index (χ2v) is 8.62. The number of nitrogens with zero attached hydrogens (tertiary/aromatic N) is 2. The monoisotopic (exact) mass is 486 g/mol. The van der Waals surface area contributed by atoms with Crippen molar-refractivity contribution in [3.63, 3.8) is 0 Å². The third kappa shape index (κ3) is 7.54. The van der Waals surface area contributed by atoms with E-state index in [0.29, 0.717) is 22.9 Å². The lowest BCUT2D eigenvalue weighted by Gasteiger charge is -2.32. The zero-order valence-electron chi connectivity index (χ0n) is 20.5. The maximum absolute atomic E-state index is 13.5. The molecule has 1 aliphatic rings. The first kappa shape index (κ1) is 26.2. The van der Waals surface area contributed by atoms with Gasteiger partial charge in [-0.15, -0.1) is 0 Å². The number of hydrogen-bond acceptors (Lipinski definition) is 7. The summed E-state index contributed by atoms with van der Waals surface area (Å²) in [5.41, 5.74) is 0.631. The average Bonchev–Trinajstić information content (AvgIpc) is 3.51. The third-order valence-corrected chi connectivity index (χ3v) is 5.99. The van der Waals surface area contributed by atoms with Crippen LogP contribution in [0.25, 0.3) is 0 Å². The highest BCUT2D eigenvalue weighted by atomic mass is 16.5. The third-order valence-electron chi connectivity index (χ3n) is 5.99. The number of aryl methyl sites for hydroxylation is 1. The number of amides is 3. The van der Waals surface area contributed by atoms with Crippen molar-refractivity contribution >= 4 is 23.5 Å². The number of nitrogens with one attached hydrogen (secondary N) is 2. The lowest BCUT2D eigenvalue weighted by atomic mass is 10.0. The van der Waals surface area contributed by atoms with E-state index in [9.17, 15) is 14.4 Å². The second-order valence-electron chi connectivity index (χ2n) is 8.62. The Morgan fingerprint density at radius 3 is 2.60 bits per heavy atom. The van der Waals surface area contributed by atoms with Crippen LogP contribution in [0.2, 0.25) is 0 Å². The smallest absolute Gasteiger partial charge is 0.247 e. The molecule has 2 N–H and O–H groups in total. The van der Waals surface area contributed by atoms with Crippen molar-refractivity contribution < 1.29 is 28.4 Å². The first-order valence-corrected chi connectivity index (χ1v) is 11.9. The van der Waals surface area contributed by atoms with Crippen LogP contribution in [0.1, 0.15) is 55.9 Å². The molecule has 1 aromatic heterocycles. The van der Waals surface area contributed by atoms with E-state index >= 15 is 0 Å². The van der Waals surface area contributed by atoms with Gasteiger partial charge in [-0.1, -0.05) is 30.1 Å². The molecule has 0 aliphatic heterocycles. The topological polar surface area (TPSA) is 123 Å². The van der Waals surface area contributed by atoms with Crippen LogP contribution < -0.4 is 15.4 Å². The molecule has 1 aromatic carbocycles. The largest absolute Gasteiger partial charge is 0.497 e. The Labute approximate surface area is 205 Å². The lowest BCUT2D eigenvalue weighted by Crippen LogP contribution is -2.47. The Hall–Kier alpha value is -3.40. The molecule has 1 fully saturated rings. The first-order chi connectivity index (χ1) is 16.9. The van der Waals surface area contributed by atoms with E-state index < -0.39 is 6.04 Å². The molecule has 1 heterocycles. The van der Waals surface area contributed by atoms with Crippen LogP contribution >= 0.6 is 0 Å². The Bertz CT molecular complexity index is 1000. The highest BCUT2D eigenvalue weighted by Gasteiger charge is 2.33. The van der Waals surface area contributed by atoms with Crippen LogP contribution in [0.5, 0.6) is 5.75 Å². The summed E-state index contributed by atoms with van der Waals surface area (Å²) in [4.78, 5) is 40.7. The van der Waals surface area contributed by atoms with Gasteiger partial charge < -0.3 is 29.5 Å². The summed E-state index contributed by atoms with van der Waals surface area (Å²) in [6, 6.07) is 7.93. The van der Waals surface area contributed by atoms with Crippen molar-refractivity contribution in [2.45, 2.75) is 57.5 Å². The summed E-state index contributed by atoms with van der Waals surface area (Å²) in [6.07, 6.45) is 3.84. The van der Waals surface area contributed by atoms with Crippen LogP contribution in [0, 0.1) is 6.92 Å². The van der Waals surface area contributed by atoms with Gasteiger partial charge in [0, 0.05) is 38.6 Å². The molecule has 35 heavy (non-hydrogen) atoms. The molecule has 2 aromatic rings. The van der Waals surface area contributed by atoms with Crippen molar-refractivity contribution in [2.24, 2.45) is 0 Å². The van der Waals surface area contributed by atoms with E-state index in [1.54, 1.807) is 44.4 Å². The van der Waals surface area contributed by atoms with Crippen molar-refractivity contribution in [3.05, 3.63) is 41.7 Å². The summed E-state index contributed by atoms with van der Waals surface area (Å²) in [5, 5.41) is 9.46. The van der Waals surface area contributed by atoms with Gasteiger partial charge in [-0.3, -0.25) is 14.4 Å². The number of hydrogen-bond donors (Lipinski definition) is 2. The minimum atomic E-state index is -0.880. The van der Waals surface area contributed by atoms with Crippen LogP contribution in [0.15, 0.2) is 34.9 Å². The van der Waals surface area contributed by atoms with Gasteiger partial charge in [-0.25, -0.2) is 0 Å². The van der Waals surface area contributed by atoms with Crippen LogP contribution in [0.3, 0.4) is 0 Å². The molecule has 1 atom stereocenters. The molecule has 0 bridgehead atoms. The van der Waals surface area contributed by atoms with E-state index in [1.165, 1.54) is 12.0 Å². The quantitative estimate of drug-likeness (QED) is 0.473. The highest BCUT2D eigenvalue weighted by molar-refractivity contribution is 5.94. The van der Waals surface area contributed by atoms with Gasteiger partial charge in [-0.05, 0) is 37.5 Å². The Balaban J connectivity index is 1.78. The summed E-state index contributed by atoms with van der Waals surface area (Å²) in [5.74, 6) is 0.493. The van der Waals surface area contributed by atoms with Gasteiger partial charge in [-0.2, -0.15) is 0 Å². The summed E-state index contributed by atoms with van der Waals surface area (Å²) in [6.45, 7) is 2.15. The van der Waals surface area contributed by atoms with E-state index in [-0.39, 0.29) is 49.8 Å². The number of ether oxygens (including phenoxy) is 2. The molecule has 10 nitrogen and oxygen atoms in total. The normalized spacial score (nSPS) is 14.4. The van der Waals surface area contributed by atoms with Crippen molar-refractivity contribution in [1.82, 2.24) is 15.4 Å². The number of methoxy groups -OCH3 is 2. The number of carbonyl (C=O) groups is 3. The predicted molar refractivity (Wildman–Crippen MR) is 129 cm³/mol. The van der Waals surface area contributed by atoms with Crippen molar-refractivity contribution in [2.75, 3.05) is 32.7 Å². The van der Waals surface area contributed by atoms with E-state index in [1.807, 2.05) is 0 Å². The number of anilines is 1. The van der Waals surface area contributed by atoms with Gasteiger partial charge in [0.2, 0.25) is 17.7 Å². The van der Waals surface area contributed by atoms with E-state index in [4.69, 9.17) is 14.0 Å². The van der Waals surface area contributed by atoms with Gasteiger partial charge >= 0.3 is 0 Å². The van der Waals surface area contributed by atoms with Gasteiger partial charge in [0.05, 0.1) is 13.7 Å². The number of aromatic nitrogens is 1. The number of benzene rings is 1. The molecule has 0 saturated heterocycles. The van der Waals surface area contributed by atoms with E-state index in [2.05, 4.69) is 15.8 Å². The van der Waals surface area contributed by atoms with Crippen LogP contribution in [-0.4, -0.2) is 61.2 Å². The highest BCUT2D eigenvalue weighted by Crippen LogP contribution is 2.27. The molecule has 1 unspecified atom stereocenters. The molecule has 10 heteroatoms. The molecule has 3 rings (SSSR count). The fourth-order valence-electron chi connectivity index (χ4n) is 4.22. The first-order valence-electron chi connectivity index (χ1n) is 11.9. The molecule has 0 spiro atoms. The average molecular weight is 487 g/mol. The predicted octanol–water partition coefficient (Wildman–Crippen LogP) is 2.99. The fraction of sp³-hybridized carbons (Fsp3) is 0.520. The van der Waals surface area contributed by atoms with Crippen molar-refractivity contribution in [3.8, 4) is 5.75 Å². The summed E-state index contributed by atoms with van der Waals surface area (Å²) < 4.78 is 15.5. The lowest BCUT2D eigenvalue weighted by molar-refractivity contribution is -0.142. The SMILES string of the molecule is COCCN(C(=O)CCC(=O)Nc1cc(C)on1)C(C(=O)NC1CCCC1)c1cccc(OC)c1. The zero-order chi connectivity index (χ0) is 25.2. The summed E-state index contributed by atoms with van der Waals surface area (Å²) >= 11 is 0. The van der Waals surface area contributed by atoms with Crippen LogP contribution in [-0.2, 0) is 19.1 Å². The minimum Gasteiger partial charge on any atom is -0.497 e. The van der Waals surface area contributed by atoms with Gasteiger partial charge in [0.1, 0.15) is 17.6 Å².